The second-order valence-electron chi connectivity index (χ2n) is 20.6. The van der Waals surface area contributed by atoms with Gasteiger partial charge in [-0.05, 0) is 60.0 Å². The summed E-state index contributed by atoms with van der Waals surface area (Å²) in [6, 6.07) is 11.1. The van der Waals surface area contributed by atoms with Crippen molar-refractivity contribution in [3.63, 3.8) is 0 Å². The lowest BCUT2D eigenvalue weighted by atomic mass is 10.3. The van der Waals surface area contributed by atoms with E-state index >= 15 is 0 Å². The van der Waals surface area contributed by atoms with Crippen LogP contribution >= 0.6 is 0 Å². The van der Waals surface area contributed by atoms with Crippen LogP contribution in [0.4, 0.5) is 0 Å². The first-order valence-electron chi connectivity index (χ1n) is 22.6. The molecule has 6 aliphatic heterocycles. The Bertz CT molecular complexity index is 1610. The summed E-state index contributed by atoms with van der Waals surface area (Å²) >= 11 is 0. The van der Waals surface area contributed by atoms with Gasteiger partial charge < -0.3 is 49.4 Å². The second kappa shape index (κ2) is 18.8. The molecule has 24 heteroatoms. The van der Waals surface area contributed by atoms with Crippen molar-refractivity contribution >= 4 is 80.6 Å². The maximum Gasteiger partial charge on any atom is 0.479 e. The van der Waals surface area contributed by atoms with Crippen LogP contribution in [0.1, 0.15) is 103 Å². The molecule has 0 aliphatic carbocycles. The molecule has 0 saturated carbocycles. The molecule has 6 saturated heterocycles. The highest BCUT2D eigenvalue weighted by atomic mass is 32.2. The molecular formula is C37H74O15SSi8. The average Bonchev–Trinajstić information content (AvgIpc) is 3.01. The van der Waals surface area contributed by atoms with Crippen LogP contribution in [0.3, 0.4) is 0 Å². The molecule has 350 valence electrons. The number of benzene rings is 1. The van der Waals surface area contributed by atoms with E-state index in [1.165, 1.54) is 12.1 Å². The Kier molecular flexibility index (Phi) is 15.7. The van der Waals surface area contributed by atoms with E-state index in [4.69, 9.17) is 53.6 Å². The molecule has 0 spiro atoms. The fourth-order valence-electron chi connectivity index (χ4n) is 8.98. The second-order valence-corrected chi connectivity index (χ2v) is 46.3. The van der Waals surface area contributed by atoms with E-state index in [1.54, 1.807) is 18.2 Å². The molecule has 15 nitrogen and oxygen atoms in total. The third-order valence-corrected chi connectivity index (χ3v) is 51.6. The Labute approximate surface area is 375 Å². The molecule has 0 radical (unpaired) electrons. The summed E-state index contributed by atoms with van der Waals surface area (Å²) in [6.07, 6.45) is 0.189. The van der Waals surface area contributed by atoms with Gasteiger partial charge in [0.15, 0.2) is 0 Å². The van der Waals surface area contributed by atoms with Crippen LogP contribution in [0, 0.1) is 41.4 Å². The molecule has 6 heterocycles. The van der Waals surface area contributed by atoms with Crippen molar-refractivity contribution in [2.75, 3.05) is 6.61 Å². The van der Waals surface area contributed by atoms with E-state index in [-0.39, 0.29) is 65.4 Å². The number of hydrogen-bond acceptors (Lipinski definition) is 15. The fourth-order valence-corrected chi connectivity index (χ4v) is 61.5. The van der Waals surface area contributed by atoms with Crippen LogP contribution in [-0.2, 0) is 63.7 Å². The van der Waals surface area contributed by atoms with Crippen LogP contribution in [0.25, 0.3) is 0 Å². The van der Waals surface area contributed by atoms with Crippen molar-refractivity contribution in [2.45, 2.75) is 157 Å². The van der Waals surface area contributed by atoms with Gasteiger partial charge in [-0.1, -0.05) is 115 Å². The molecule has 6 aliphatic rings. The van der Waals surface area contributed by atoms with E-state index in [0.29, 0.717) is 42.3 Å². The molecule has 0 amide bonds. The molecule has 6 fully saturated rings. The van der Waals surface area contributed by atoms with Crippen molar-refractivity contribution in [1.82, 2.24) is 0 Å². The SMILES string of the molecule is CC(C)C[Si]12O[Si]3(CCCOS(=O)(=O)c4ccccc4)O[Si]4(CC(C)C)O[Si](CC(C)C)(O1)O[Si]1(CC(C)C)O[Si](CC(C)C)(O2)O[Si](CC(C)C)(O3)O[Si](CC(C)C)(O4)O1. The molecule has 0 unspecified atom stereocenters. The first-order chi connectivity index (χ1) is 28.2. The zero-order valence-electron chi connectivity index (χ0n) is 39.0. The van der Waals surface area contributed by atoms with Gasteiger partial charge in [-0.2, -0.15) is 8.42 Å². The summed E-state index contributed by atoms with van der Waals surface area (Å²) in [6.45, 7) is 29.5. The molecular weight excluding hydrogens is 941 g/mol. The van der Waals surface area contributed by atoms with Crippen LogP contribution in [0.2, 0.25) is 48.4 Å². The Morgan fingerprint density at radius 1 is 0.393 bits per heavy atom. The van der Waals surface area contributed by atoms with Crippen molar-refractivity contribution < 1.29 is 62.0 Å². The van der Waals surface area contributed by atoms with Gasteiger partial charge in [0.05, 0.1) is 11.5 Å². The zero-order chi connectivity index (χ0) is 44.9. The van der Waals surface area contributed by atoms with Crippen LogP contribution in [0.5, 0.6) is 0 Å². The molecule has 1 aromatic carbocycles. The maximum atomic E-state index is 13.4. The summed E-state index contributed by atoms with van der Waals surface area (Å²) in [5.74, 6) is 0.331. The van der Waals surface area contributed by atoms with E-state index in [1.807, 2.05) is 0 Å². The molecule has 8 bridgehead atoms. The molecule has 0 N–H and O–H groups in total. The van der Waals surface area contributed by atoms with E-state index in [9.17, 15) is 8.42 Å². The summed E-state index contributed by atoms with van der Waals surface area (Å²) in [5.41, 5.74) is 0. The van der Waals surface area contributed by atoms with E-state index in [2.05, 4.69) is 96.9 Å². The molecule has 1 aromatic rings. The van der Waals surface area contributed by atoms with Gasteiger partial charge in [0.25, 0.3) is 10.1 Å². The van der Waals surface area contributed by atoms with Gasteiger partial charge in [0, 0.05) is 48.4 Å². The van der Waals surface area contributed by atoms with Gasteiger partial charge >= 0.3 is 70.4 Å². The van der Waals surface area contributed by atoms with Crippen LogP contribution in [-0.4, -0.2) is 85.5 Å². The first kappa shape index (κ1) is 50.8. The number of rotatable bonds is 20. The fraction of sp³-hybridized carbons (Fsp3) is 0.838. The van der Waals surface area contributed by atoms with Crippen molar-refractivity contribution in [3.05, 3.63) is 30.3 Å². The smallest absolute Gasteiger partial charge is 0.373 e. The molecule has 7 rings (SSSR count). The Morgan fingerprint density at radius 3 is 0.852 bits per heavy atom. The summed E-state index contributed by atoms with van der Waals surface area (Å²) in [5, 5.41) is 0. The Morgan fingerprint density at radius 2 is 0.623 bits per heavy atom. The lowest BCUT2D eigenvalue weighted by Crippen LogP contribution is -2.88. The van der Waals surface area contributed by atoms with Gasteiger partial charge in [-0.25, -0.2) is 0 Å². The van der Waals surface area contributed by atoms with Crippen molar-refractivity contribution in [3.8, 4) is 0 Å². The standard InChI is InChI=1S/C37H74O15SSi8/c1-30(2)23-55-41-54(22-18-21-40-53(38,39)37-19-16-15-17-20-37)42-56(24-31(3)4)46-58(44-55,26-33(7)8)50-61(29-36(13)14)51-59(45-55,27-34(9)10)47-57(43-54,25-32(5)6)49-60(48-56,52-61)28-35(11)12/h15-17,19-20,30-36H,18,21-29H2,1-14H3. The summed E-state index contributed by atoms with van der Waals surface area (Å²) in [4.78, 5) is 0.0753. The minimum Gasteiger partial charge on any atom is -0.373 e. The van der Waals surface area contributed by atoms with Crippen LogP contribution < -0.4 is 0 Å². The van der Waals surface area contributed by atoms with Crippen molar-refractivity contribution in [1.29, 1.82) is 0 Å². The Hall–Kier alpha value is 0.385. The van der Waals surface area contributed by atoms with Gasteiger partial charge in [-0.15, -0.1) is 0 Å². The monoisotopic (exact) mass is 1010 g/mol. The zero-order valence-corrected chi connectivity index (χ0v) is 47.8. The lowest BCUT2D eigenvalue weighted by Gasteiger charge is -2.64. The topological polar surface area (TPSA) is 154 Å². The Balaban J connectivity index is 1.65. The first-order valence-corrected chi connectivity index (χ1v) is 39.4. The predicted molar refractivity (Wildman–Crippen MR) is 246 cm³/mol. The van der Waals surface area contributed by atoms with E-state index < -0.39 is 80.6 Å². The largest absolute Gasteiger partial charge is 0.479 e. The number of hydrogen-bond donors (Lipinski definition) is 0. The third-order valence-electron chi connectivity index (χ3n) is 10.2. The predicted octanol–water partition coefficient (Wildman–Crippen LogP) is 9.15. The molecule has 0 aromatic heterocycles. The normalized spacial score (nSPS) is 37.7. The summed E-state index contributed by atoms with van der Waals surface area (Å²) < 4.78 is 125. The lowest BCUT2D eigenvalue weighted by molar-refractivity contribution is -0.0343. The maximum absolute atomic E-state index is 13.4. The third kappa shape index (κ3) is 12.1. The minimum absolute atomic E-state index is 0.0242. The molecule has 61 heavy (non-hydrogen) atoms. The quantitative estimate of drug-likeness (QED) is 0.0692. The van der Waals surface area contributed by atoms with Crippen LogP contribution in [0.15, 0.2) is 35.2 Å². The average molecular weight is 1020 g/mol. The highest BCUT2D eigenvalue weighted by Crippen LogP contribution is 2.56. The molecule has 0 atom stereocenters. The van der Waals surface area contributed by atoms with Gasteiger partial charge in [0.1, 0.15) is 0 Å². The highest BCUT2D eigenvalue weighted by molar-refractivity contribution is 7.86. The minimum atomic E-state index is -4.24. The highest BCUT2D eigenvalue weighted by Gasteiger charge is 2.83. The van der Waals surface area contributed by atoms with Crippen molar-refractivity contribution in [2.24, 2.45) is 41.4 Å². The summed E-state index contributed by atoms with van der Waals surface area (Å²) in [7, 11) is -36.6. The van der Waals surface area contributed by atoms with Gasteiger partial charge in [0.2, 0.25) is 0 Å². The van der Waals surface area contributed by atoms with E-state index in [0.717, 1.165) is 0 Å². The van der Waals surface area contributed by atoms with Gasteiger partial charge in [-0.3, -0.25) is 4.18 Å².